The van der Waals surface area contributed by atoms with Gasteiger partial charge in [0.15, 0.2) is 0 Å². The van der Waals surface area contributed by atoms with E-state index in [1.54, 1.807) is 0 Å². The number of ether oxygens (including phenoxy) is 1. The van der Waals surface area contributed by atoms with Crippen LogP contribution in [0.1, 0.15) is 52.3 Å². The highest BCUT2D eigenvalue weighted by atomic mass is 16.5. The van der Waals surface area contributed by atoms with E-state index < -0.39 is 0 Å². The van der Waals surface area contributed by atoms with Crippen LogP contribution in [0.25, 0.3) is 0 Å². The summed E-state index contributed by atoms with van der Waals surface area (Å²) in [5.41, 5.74) is 2.17. The quantitative estimate of drug-likeness (QED) is 0.806. The molecule has 0 saturated heterocycles. The lowest BCUT2D eigenvalue weighted by Gasteiger charge is -2.24. The average Bonchev–Trinajstić information content (AvgIpc) is 2.35. The van der Waals surface area contributed by atoms with Crippen LogP contribution < -0.4 is 10.1 Å². The van der Waals surface area contributed by atoms with Gasteiger partial charge in [0, 0.05) is 18.3 Å². The summed E-state index contributed by atoms with van der Waals surface area (Å²) in [6.07, 6.45) is 1.90. The third-order valence-electron chi connectivity index (χ3n) is 3.09. The molecule has 0 saturated carbocycles. The van der Waals surface area contributed by atoms with Crippen molar-refractivity contribution in [3.63, 3.8) is 0 Å². The van der Waals surface area contributed by atoms with Gasteiger partial charge in [-0.15, -0.1) is 0 Å². The molecule has 3 heteroatoms. The molecule has 1 aromatic rings. The highest BCUT2D eigenvalue weighted by molar-refractivity contribution is 5.25. The van der Waals surface area contributed by atoms with Gasteiger partial charge in [-0.1, -0.05) is 20.8 Å². The highest BCUT2D eigenvalue weighted by Crippen LogP contribution is 2.21. The summed E-state index contributed by atoms with van der Waals surface area (Å²) in [6, 6.07) is 4.19. The van der Waals surface area contributed by atoms with Gasteiger partial charge in [-0.3, -0.25) is 0 Å². The van der Waals surface area contributed by atoms with Gasteiger partial charge in [0.25, 0.3) is 0 Å². The molecule has 0 fully saturated rings. The van der Waals surface area contributed by atoms with Crippen molar-refractivity contribution >= 4 is 0 Å². The Bertz CT molecular complexity index is 375. The first-order valence-electron chi connectivity index (χ1n) is 6.90. The zero-order chi connectivity index (χ0) is 13.6. The van der Waals surface area contributed by atoms with Crippen molar-refractivity contribution in [2.75, 3.05) is 6.54 Å². The van der Waals surface area contributed by atoms with Crippen LogP contribution >= 0.6 is 0 Å². The van der Waals surface area contributed by atoms with Gasteiger partial charge in [0.1, 0.15) is 5.60 Å². The van der Waals surface area contributed by atoms with E-state index in [1.165, 1.54) is 5.56 Å². The Labute approximate surface area is 111 Å². The molecule has 1 rings (SSSR count). The molecule has 0 unspecified atom stereocenters. The lowest BCUT2D eigenvalue weighted by molar-refractivity contribution is 0.0986. The summed E-state index contributed by atoms with van der Waals surface area (Å²) < 4.78 is 5.98. The van der Waals surface area contributed by atoms with E-state index in [-0.39, 0.29) is 5.60 Å². The minimum atomic E-state index is -0.158. The fourth-order valence-electron chi connectivity index (χ4n) is 1.58. The summed E-state index contributed by atoms with van der Waals surface area (Å²) in [4.78, 5) is 4.54. The molecule has 0 radical (unpaired) electrons. The van der Waals surface area contributed by atoms with Crippen molar-refractivity contribution in [2.24, 2.45) is 0 Å². The largest absolute Gasteiger partial charge is 0.472 e. The zero-order valence-electron chi connectivity index (χ0n) is 12.3. The van der Waals surface area contributed by atoms with E-state index in [4.69, 9.17) is 4.74 Å². The van der Waals surface area contributed by atoms with E-state index in [2.05, 4.69) is 51.0 Å². The third-order valence-corrected chi connectivity index (χ3v) is 3.09. The summed E-state index contributed by atoms with van der Waals surface area (Å²) >= 11 is 0. The van der Waals surface area contributed by atoms with Crippen molar-refractivity contribution in [1.82, 2.24) is 10.3 Å². The minimum absolute atomic E-state index is 0.158. The smallest absolute Gasteiger partial charge is 0.214 e. The van der Waals surface area contributed by atoms with Gasteiger partial charge in [0.2, 0.25) is 5.88 Å². The van der Waals surface area contributed by atoms with E-state index in [9.17, 15) is 0 Å². The fraction of sp³-hybridized carbons (Fsp3) is 0.667. The Morgan fingerprint density at radius 3 is 2.50 bits per heavy atom. The molecule has 0 aliphatic carbocycles. The number of pyridine rings is 1. The average molecular weight is 250 g/mol. The molecule has 1 heterocycles. The number of hydrogen-bond acceptors (Lipinski definition) is 3. The Hall–Kier alpha value is -1.09. The predicted octanol–water partition coefficient (Wildman–Crippen LogP) is 3.32. The molecule has 18 heavy (non-hydrogen) atoms. The number of aromatic nitrogens is 1. The Morgan fingerprint density at radius 2 is 1.94 bits per heavy atom. The van der Waals surface area contributed by atoms with Crippen LogP contribution in [0.15, 0.2) is 12.1 Å². The lowest BCUT2D eigenvalue weighted by atomic mass is 10.1. The topological polar surface area (TPSA) is 34.2 Å². The molecule has 0 bridgehead atoms. The van der Waals surface area contributed by atoms with Gasteiger partial charge in [-0.25, -0.2) is 4.98 Å². The monoisotopic (exact) mass is 250 g/mol. The van der Waals surface area contributed by atoms with E-state index in [1.807, 2.05) is 6.07 Å². The van der Waals surface area contributed by atoms with Crippen LogP contribution in [0.5, 0.6) is 5.88 Å². The number of nitrogens with one attached hydrogen (secondary N) is 1. The number of aryl methyl sites for hydroxylation is 1. The minimum Gasteiger partial charge on any atom is -0.472 e. The molecular weight excluding hydrogens is 224 g/mol. The second-order valence-corrected chi connectivity index (χ2v) is 5.15. The van der Waals surface area contributed by atoms with Gasteiger partial charge in [-0.05, 0) is 44.9 Å². The van der Waals surface area contributed by atoms with E-state index in [0.29, 0.717) is 0 Å². The molecule has 0 aliphatic rings. The predicted molar refractivity (Wildman–Crippen MR) is 76.0 cm³/mol. The standard InChI is InChI=1S/C15H26N2O/c1-6-13-9-12(11-16-8-3)10-14(17-13)18-15(4,5)7-2/h9-10,16H,6-8,11H2,1-5H3. The lowest BCUT2D eigenvalue weighted by Crippen LogP contribution is -2.27. The number of nitrogens with zero attached hydrogens (tertiary/aromatic N) is 1. The van der Waals surface area contributed by atoms with Crippen molar-refractivity contribution in [3.05, 3.63) is 23.4 Å². The molecule has 1 N–H and O–H groups in total. The van der Waals surface area contributed by atoms with E-state index in [0.717, 1.165) is 37.5 Å². The first-order valence-corrected chi connectivity index (χ1v) is 6.90. The van der Waals surface area contributed by atoms with Crippen LogP contribution in [0, 0.1) is 0 Å². The van der Waals surface area contributed by atoms with Crippen molar-refractivity contribution in [2.45, 2.75) is 59.6 Å². The summed E-state index contributed by atoms with van der Waals surface area (Å²) in [5, 5.41) is 3.34. The molecule has 3 nitrogen and oxygen atoms in total. The van der Waals surface area contributed by atoms with Crippen LogP contribution in [-0.2, 0) is 13.0 Å². The van der Waals surface area contributed by atoms with Gasteiger partial charge < -0.3 is 10.1 Å². The van der Waals surface area contributed by atoms with Crippen molar-refractivity contribution in [3.8, 4) is 5.88 Å². The highest BCUT2D eigenvalue weighted by Gasteiger charge is 2.18. The van der Waals surface area contributed by atoms with Gasteiger partial charge in [-0.2, -0.15) is 0 Å². The first-order chi connectivity index (χ1) is 8.50. The molecule has 0 amide bonds. The summed E-state index contributed by atoms with van der Waals surface area (Å²) in [6.45, 7) is 12.4. The summed E-state index contributed by atoms with van der Waals surface area (Å²) in [7, 11) is 0. The van der Waals surface area contributed by atoms with E-state index >= 15 is 0 Å². The Morgan fingerprint density at radius 1 is 1.22 bits per heavy atom. The molecule has 0 aromatic carbocycles. The molecular formula is C15H26N2O. The molecule has 0 spiro atoms. The maximum absolute atomic E-state index is 5.98. The van der Waals surface area contributed by atoms with Gasteiger partial charge in [0.05, 0.1) is 0 Å². The first kappa shape index (κ1) is 15.0. The summed E-state index contributed by atoms with van der Waals surface area (Å²) in [5.74, 6) is 0.745. The Balaban J connectivity index is 2.89. The number of hydrogen-bond donors (Lipinski definition) is 1. The van der Waals surface area contributed by atoms with Crippen molar-refractivity contribution in [1.29, 1.82) is 0 Å². The zero-order valence-corrected chi connectivity index (χ0v) is 12.3. The second-order valence-electron chi connectivity index (χ2n) is 5.15. The molecule has 1 aromatic heterocycles. The SMILES string of the molecule is CCNCc1cc(CC)nc(OC(C)(C)CC)c1. The molecule has 0 atom stereocenters. The van der Waals surface area contributed by atoms with Gasteiger partial charge >= 0.3 is 0 Å². The molecule has 102 valence electrons. The van der Waals surface area contributed by atoms with Crippen LogP contribution in [0.3, 0.4) is 0 Å². The van der Waals surface area contributed by atoms with Crippen LogP contribution in [-0.4, -0.2) is 17.1 Å². The normalized spacial score (nSPS) is 11.6. The fourth-order valence-corrected chi connectivity index (χ4v) is 1.58. The van der Waals surface area contributed by atoms with Crippen LogP contribution in [0.2, 0.25) is 0 Å². The third kappa shape index (κ3) is 4.65. The maximum atomic E-state index is 5.98. The Kier molecular flexibility index (Phi) is 5.60. The number of rotatable bonds is 7. The van der Waals surface area contributed by atoms with Crippen LogP contribution in [0.4, 0.5) is 0 Å². The maximum Gasteiger partial charge on any atom is 0.214 e. The van der Waals surface area contributed by atoms with Crippen molar-refractivity contribution < 1.29 is 4.74 Å². The molecule has 0 aliphatic heterocycles. The second kappa shape index (κ2) is 6.74.